The molecule has 1 aromatic rings. The number of hydrogen-bond acceptors (Lipinski definition) is 4. The molecule has 0 heterocycles. The maximum absolute atomic E-state index is 6.06. The maximum Gasteiger partial charge on any atom is 0.123 e. The summed E-state index contributed by atoms with van der Waals surface area (Å²) in [4.78, 5) is 0. The average molecular weight is 281 g/mol. The van der Waals surface area contributed by atoms with Gasteiger partial charge >= 0.3 is 0 Å². The van der Waals surface area contributed by atoms with Gasteiger partial charge in [-0.25, -0.2) is 0 Å². The van der Waals surface area contributed by atoms with Gasteiger partial charge in [0.05, 0.1) is 13.2 Å². The lowest BCUT2D eigenvalue weighted by molar-refractivity contribution is 0.134. The summed E-state index contributed by atoms with van der Waals surface area (Å²) in [7, 11) is 3.37. The molecule has 2 unspecified atom stereocenters. The highest BCUT2D eigenvalue weighted by atomic mass is 16.5. The van der Waals surface area contributed by atoms with Gasteiger partial charge in [0.25, 0.3) is 0 Å². The van der Waals surface area contributed by atoms with Gasteiger partial charge in [0, 0.05) is 26.2 Å². The first-order valence-corrected chi connectivity index (χ1v) is 7.18. The first-order chi connectivity index (χ1) is 9.60. The van der Waals surface area contributed by atoms with E-state index in [0.717, 1.165) is 36.3 Å². The lowest BCUT2D eigenvalue weighted by Crippen LogP contribution is -2.22. The average Bonchev–Trinajstić information content (AvgIpc) is 2.46. The van der Waals surface area contributed by atoms with E-state index in [9.17, 15) is 0 Å². The van der Waals surface area contributed by atoms with Crippen LogP contribution in [0.4, 0.5) is 0 Å². The molecule has 1 rings (SSSR count). The highest BCUT2D eigenvalue weighted by molar-refractivity contribution is 5.41. The largest absolute Gasteiger partial charge is 0.497 e. The van der Waals surface area contributed by atoms with Crippen molar-refractivity contribution in [3.63, 3.8) is 0 Å². The molecule has 2 N–H and O–H groups in total. The Morgan fingerprint density at radius 3 is 2.60 bits per heavy atom. The van der Waals surface area contributed by atoms with E-state index in [0.29, 0.717) is 6.61 Å². The van der Waals surface area contributed by atoms with Crippen molar-refractivity contribution in [1.29, 1.82) is 0 Å². The number of ether oxygens (including phenoxy) is 3. The summed E-state index contributed by atoms with van der Waals surface area (Å²) < 4.78 is 16.4. The van der Waals surface area contributed by atoms with E-state index >= 15 is 0 Å². The van der Waals surface area contributed by atoms with Crippen LogP contribution in [0.5, 0.6) is 11.5 Å². The van der Waals surface area contributed by atoms with E-state index in [-0.39, 0.29) is 12.1 Å². The van der Waals surface area contributed by atoms with Crippen LogP contribution in [-0.2, 0) is 11.2 Å². The molecule has 4 nitrogen and oxygen atoms in total. The van der Waals surface area contributed by atoms with Crippen molar-refractivity contribution in [3.05, 3.63) is 23.8 Å². The SMILES string of the molecule is CCC(N)Cc1cc(OC)ccc1OC(C)CCOC. The first-order valence-electron chi connectivity index (χ1n) is 7.18. The standard InChI is InChI=1S/C16H27NO3/c1-5-14(17)10-13-11-15(19-4)6-7-16(13)20-12(2)8-9-18-3/h6-7,11-12,14H,5,8-10,17H2,1-4H3. The van der Waals surface area contributed by atoms with Crippen LogP contribution in [0.1, 0.15) is 32.3 Å². The van der Waals surface area contributed by atoms with Crippen LogP contribution in [0, 0.1) is 0 Å². The maximum atomic E-state index is 6.06. The second kappa shape index (κ2) is 8.82. The molecule has 0 aliphatic carbocycles. The molecule has 4 heteroatoms. The molecule has 0 bridgehead atoms. The van der Waals surface area contributed by atoms with Gasteiger partial charge in [0.1, 0.15) is 11.5 Å². The minimum Gasteiger partial charge on any atom is -0.497 e. The zero-order valence-corrected chi connectivity index (χ0v) is 13.0. The third-order valence-electron chi connectivity index (χ3n) is 3.33. The Balaban J connectivity index is 2.81. The fourth-order valence-electron chi connectivity index (χ4n) is 1.94. The number of rotatable bonds is 9. The van der Waals surface area contributed by atoms with E-state index in [1.54, 1.807) is 14.2 Å². The summed E-state index contributed by atoms with van der Waals surface area (Å²) in [6, 6.07) is 6.02. The van der Waals surface area contributed by atoms with Crippen LogP contribution in [0.15, 0.2) is 18.2 Å². The molecule has 1 aromatic carbocycles. The minimum atomic E-state index is 0.111. The van der Waals surface area contributed by atoms with Crippen LogP contribution in [0.25, 0.3) is 0 Å². The van der Waals surface area contributed by atoms with E-state index in [2.05, 4.69) is 6.92 Å². The minimum absolute atomic E-state index is 0.111. The van der Waals surface area contributed by atoms with Crippen molar-refractivity contribution in [2.45, 2.75) is 45.3 Å². The number of methoxy groups -OCH3 is 2. The molecule has 0 spiro atoms. The molecular formula is C16H27NO3. The molecule has 0 fully saturated rings. The van der Waals surface area contributed by atoms with Crippen molar-refractivity contribution in [2.75, 3.05) is 20.8 Å². The van der Waals surface area contributed by atoms with Crippen molar-refractivity contribution < 1.29 is 14.2 Å². The van der Waals surface area contributed by atoms with Gasteiger partial charge in [0.2, 0.25) is 0 Å². The smallest absolute Gasteiger partial charge is 0.123 e. The second-order valence-electron chi connectivity index (χ2n) is 5.06. The van der Waals surface area contributed by atoms with Gasteiger partial charge in [-0.2, -0.15) is 0 Å². The lowest BCUT2D eigenvalue weighted by Gasteiger charge is -2.19. The summed E-state index contributed by atoms with van der Waals surface area (Å²) >= 11 is 0. The summed E-state index contributed by atoms with van der Waals surface area (Å²) in [6.45, 7) is 4.83. The fourth-order valence-corrected chi connectivity index (χ4v) is 1.94. The number of hydrogen-bond donors (Lipinski definition) is 1. The summed E-state index contributed by atoms with van der Waals surface area (Å²) in [5.41, 5.74) is 7.16. The van der Waals surface area contributed by atoms with Crippen molar-refractivity contribution in [3.8, 4) is 11.5 Å². The van der Waals surface area contributed by atoms with Crippen LogP contribution < -0.4 is 15.2 Å². The van der Waals surface area contributed by atoms with Gasteiger partial charge < -0.3 is 19.9 Å². The van der Waals surface area contributed by atoms with Crippen LogP contribution in [0.3, 0.4) is 0 Å². The quantitative estimate of drug-likeness (QED) is 0.756. The van der Waals surface area contributed by atoms with Gasteiger partial charge in [0.15, 0.2) is 0 Å². The van der Waals surface area contributed by atoms with Gasteiger partial charge in [-0.1, -0.05) is 6.92 Å². The molecular weight excluding hydrogens is 254 g/mol. The van der Waals surface area contributed by atoms with Gasteiger partial charge in [-0.05, 0) is 43.5 Å². The van der Waals surface area contributed by atoms with E-state index in [4.69, 9.17) is 19.9 Å². The fraction of sp³-hybridized carbons (Fsp3) is 0.625. The Kier molecular flexibility index (Phi) is 7.41. The zero-order chi connectivity index (χ0) is 15.0. The van der Waals surface area contributed by atoms with Crippen molar-refractivity contribution >= 4 is 0 Å². The molecule has 0 aliphatic rings. The molecule has 0 saturated heterocycles. The van der Waals surface area contributed by atoms with Gasteiger partial charge in [-0.3, -0.25) is 0 Å². The normalized spacial score (nSPS) is 13.8. The Morgan fingerprint density at radius 2 is 2.00 bits per heavy atom. The van der Waals surface area contributed by atoms with E-state index in [1.807, 2.05) is 25.1 Å². The first kappa shape index (κ1) is 16.8. The highest BCUT2D eigenvalue weighted by Gasteiger charge is 2.12. The summed E-state index contributed by atoms with van der Waals surface area (Å²) in [6.07, 6.45) is 2.71. The molecule has 0 amide bonds. The molecule has 2 atom stereocenters. The monoisotopic (exact) mass is 281 g/mol. The molecule has 0 aliphatic heterocycles. The van der Waals surface area contributed by atoms with E-state index < -0.39 is 0 Å². The summed E-state index contributed by atoms with van der Waals surface area (Å²) in [5, 5.41) is 0. The number of benzene rings is 1. The number of nitrogens with two attached hydrogens (primary N) is 1. The van der Waals surface area contributed by atoms with Crippen LogP contribution >= 0.6 is 0 Å². The molecule has 0 radical (unpaired) electrons. The molecule has 114 valence electrons. The Bertz CT molecular complexity index is 395. The molecule has 0 aromatic heterocycles. The van der Waals surface area contributed by atoms with Gasteiger partial charge in [-0.15, -0.1) is 0 Å². The summed E-state index contributed by atoms with van der Waals surface area (Å²) in [5.74, 6) is 1.72. The Labute approximate surface area is 122 Å². The van der Waals surface area contributed by atoms with E-state index in [1.165, 1.54) is 0 Å². The van der Waals surface area contributed by atoms with Crippen molar-refractivity contribution in [2.24, 2.45) is 5.73 Å². The highest BCUT2D eigenvalue weighted by Crippen LogP contribution is 2.27. The predicted molar refractivity (Wildman–Crippen MR) is 81.5 cm³/mol. The lowest BCUT2D eigenvalue weighted by atomic mass is 10.0. The third-order valence-corrected chi connectivity index (χ3v) is 3.33. The van der Waals surface area contributed by atoms with Crippen LogP contribution in [0.2, 0.25) is 0 Å². The predicted octanol–water partition coefficient (Wildman–Crippen LogP) is 2.78. The third kappa shape index (κ3) is 5.39. The van der Waals surface area contributed by atoms with Crippen LogP contribution in [-0.4, -0.2) is 33.0 Å². The topological polar surface area (TPSA) is 53.7 Å². The van der Waals surface area contributed by atoms with Crippen molar-refractivity contribution in [1.82, 2.24) is 0 Å². The molecule has 20 heavy (non-hydrogen) atoms. The second-order valence-corrected chi connectivity index (χ2v) is 5.06. The zero-order valence-electron chi connectivity index (χ0n) is 13.0. The Hall–Kier alpha value is -1.26. The Morgan fingerprint density at radius 1 is 1.25 bits per heavy atom. The molecule has 0 saturated carbocycles.